The summed E-state index contributed by atoms with van der Waals surface area (Å²) in [6.07, 6.45) is 5.62. The molecule has 0 spiro atoms. The third-order valence-corrected chi connectivity index (χ3v) is 3.12. The predicted octanol–water partition coefficient (Wildman–Crippen LogP) is 1.39. The Bertz CT molecular complexity index is 262. The number of rotatable bonds is 3. The minimum Gasteiger partial charge on any atom is -0.480 e. The highest BCUT2D eigenvalue weighted by molar-refractivity contribution is 5.79. The van der Waals surface area contributed by atoms with Gasteiger partial charge in [0.15, 0.2) is 0 Å². The van der Waals surface area contributed by atoms with E-state index in [0.717, 1.165) is 25.7 Å². The third-order valence-electron chi connectivity index (χ3n) is 3.12. The number of carboxylic acid groups (broad SMARTS) is 1. The highest BCUT2D eigenvalue weighted by atomic mass is 16.4. The summed E-state index contributed by atoms with van der Waals surface area (Å²) < 4.78 is 0. The number of urea groups is 1. The number of amides is 2. The van der Waals surface area contributed by atoms with Gasteiger partial charge in [0.2, 0.25) is 0 Å². The second-order valence-corrected chi connectivity index (χ2v) is 4.44. The zero-order valence-corrected chi connectivity index (χ0v) is 9.98. The molecule has 0 radical (unpaired) electrons. The normalized spacial score (nSPS) is 16.9. The van der Waals surface area contributed by atoms with Gasteiger partial charge in [-0.1, -0.05) is 19.3 Å². The van der Waals surface area contributed by atoms with Crippen LogP contribution in [0.3, 0.4) is 0 Å². The predicted molar refractivity (Wildman–Crippen MR) is 60.3 cm³/mol. The van der Waals surface area contributed by atoms with Gasteiger partial charge in [-0.25, -0.2) is 4.79 Å². The largest absolute Gasteiger partial charge is 0.480 e. The van der Waals surface area contributed by atoms with Gasteiger partial charge in [-0.15, -0.1) is 0 Å². The van der Waals surface area contributed by atoms with E-state index < -0.39 is 5.97 Å². The van der Waals surface area contributed by atoms with Crippen LogP contribution in [0.15, 0.2) is 0 Å². The topological polar surface area (TPSA) is 60.9 Å². The van der Waals surface area contributed by atoms with E-state index in [9.17, 15) is 9.59 Å². The highest BCUT2D eigenvalue weighted by Gasteiger charge is 2.24. The summed E-state index contributed by atoms with van der Waals surface area (Å²) in [5.41, 5.74) is 0. The van der Waals surface area contributed by atoms with Gasteiger partial charge < -0.3 is 14.9 Å². The van der Waals surface area contributed by atoms with E-state index in [0.29, 0.717) is 0 Å². The lowest BCUT2D eigenvalue weighted by atomic mass is 9.95. The summed E-state index contributed by atoms with van der Waals surface area (Å²) in [4.78, 5) is 25.3. The van der Waals surface area contributed by atoms with E-state index in [2.05, 4.69) is 0 Å². The molecule has 1 rings (SSSR count). The Balaban J connectivity index is 2.48. The van der Waals surface area contributed by atoms with Crippen LogP contribution in [0, 0.1) is 0 Å². The Kier molecular flexibility index (Phi) is 4.58. The standard InChI is InChI=1S/C11H20N2O3/c1-12(8-10(14)15)11(16)13(2)9-6-4-3-5-7-9/h9H,3-8H2,1-2H3,(H,14,15). The molecule has 1 aliphatic rings. The van der Waals surface area contributed by atoms with Crippen molar-refractivity contribution >= 4 is 12.0 Å². The Hall–Kier alpha value is -1.26. The molecule has 92 valence electrons. The van der Waals surface area contributed by atoms with Crippen molar-refractivity contribution in [2.75, 3.05) is 20.6 Å². The number of hydrogen-bond acceptors (Lipinski definition) is 2. The van der Waals surface area contributed by atoms with Crippen molar-refractivity contribution < 1.29 is 14.7 Å². The Labute approximate surface area is 96.0 Å². The van der Waals surface area contributed by atoms with E-state index >= 15 is 0 Å². The zero-order valence-electron chi connectivity index (χ0n) is 9.98. The molecule has 0 aromatic rings. The average Bonchev–Trinajstić information content (AvgIpc) is 2.27. The molecule has 0 unspecified atom stereocenters. The molecular weight excluding hydrogens is 208 g/mol. The lowest BCUT2D eigenvalue weighted by molar-refractivity contribution is -0.137. The van der Waals surface area contributed by atoms with Crippen LogP contribution in [0.25, 0.3) is 0 Å². The molecule has 1 saturated carbocycles. The van der Waals surface area contributed by atoms with Crippen LogP contribution in [0.1, 0.15) is 32.1 Å². The summed E-state index contributed by atoms with van der Waals surface area (Å²) in [7, 11) is 3.28. The molecule has 0 saturated heterocycles. The number of carbonyl (C=O) groups excluding carboxylic acids is 1. The van der Waals surface area contributed by atoms with Crippen molar-refractivity contribution in [2.24, 2.45) is 0 Å². The number of hydrogen-bond donors (Lipinski definition) is 1. The first kappa shape index (κ1) is 12.8. The summed E-state index contributed by atoms with van der Waals surface area (Å²) in [6, 6.07) is 0.0757. The van der Waals surface area contributed by atoms with E-state index in [1.54, 1.807) is 11.9 Å². The van der Waals surface area contributed by atoms with Gasteiger partial charge >= 0.3 is 12.0 Å². The molecule has 0 aromatic carbocycles. The van der Waals surface area contributed by atoms with Crippen LogP contribution in [-0.4, -0.2) is 53.6 Å². The fraction of sp³-hybridized carbons (Fsp3) is 0.818. The van der Waals surface area contributed by atoms with E-state index in [4.69, 9.17) is 5.11 Å². The second kappa shape index (κ2) is 5.72. The Morgan fingerprint density at radius 2 is 1.75 bits per heavy atom. The summed E-state index contributed by atoms with van der Waals surface area (Å²) in [6.45, 7) is -0.240. The van der Waals surface area contributed by atoms with Crippen molar-refractivity contribution in [3.05, 3.63) is 0 Å². The van der Waals surface area contributed by atoms with E-state index in [1.807, 2.05) is 0 Å². The molecule has 0 aliphatic heterocycles. The number of carbonyl (C=O) groups is 2. The molecule has 0 bridgehead atoms. The van der Waals surface area contributed by atoms with Crippen LogP contribution < -0.4 is 0 Å². The van der Waals surface area contributed by atoms with Crippen LogP contribution in [0.5, 0.6) is 0 Å². The number of nitrogens with zero attached hydrogens (tertiary/aromatic N) is 2. The minimum absolute atomic E-state index is 0.200. The van der Waals surface area contributed by atoms with Crippen LogP contribution in [0.2, 0.25) is 0 Å². The third kappa shape index (κ3) is 3.40. The molecule has 5 heteroatoms. The monoisotopic (exact) mass is 228 g/mol. The van der Waals surface area contributed by atoms with Gasteiger partial charge in [0.05, 0.1) is 0 Å². The zero-order chi connectivity index (χ0) is 12.1. The number of carboxylic acids is 1. The van der Waals surface area contributed by atoms with Crippen molar-refractivity contribution in [1.29, 1.82) is 0 Å². The lowest BCUT2D eigenvalue weighted by Crippen LogP contribution is -2.46. The first-order valence-electron chi connectivity index (χ1n) is 5.72. The number of aliphatic carboxylic acids is 1. The Morgan fingerprint density at radius 1 is 1.19 bits per heavy atom. The van der Waals surface area contributed by atoms with Crippen LogP contribution in [-0.2, 0) is 4.79 Å². The molecule has 1 fully saturated rings. The maximum absolute atomic E-state index is 11.9. The van der Waals surface area contributed by atoms with Gasteiger partial charge in [-0.2, -0.15) is 0 Å². The highest BCUT2D eigenvalue weighted by Crippen LogP contribution is 2.22. The fourth-order valence-electron chi connectivity index (χ4n) is 2.16. The fourth-order valence-corrected chi connectivity index (χ4v) is 2.16. The van der Waals surface area contributed by atoms with Crippen molar-refractivity contribution in [2.45, 2.75) is 38.1 Å². The number of likely N-dealkylation sites (N-methyl/N-ethyl adjacent to an activating group) is 1. The first-order chi connectivity index (χ1) is 7.52. The minimum atomic E-state index is -0.979. The second-order valence-electron chi connectivity index (χ2n) is 4.44. The van der Waals surface area contributed by atoms with E-state index in [-0.39, 0.29) is 18.6 Å². The van der Waals surface area contributed by atoms with Gasteiger partial charge in [-0.05, 0) is 12.8 Å². The molecule has 5 nitrogen and oxygen atoms in total. The van der Waals surface area contributed by atoms with Crippen LogP contribution >= 0.6 is 0 Å². The van der Waals surface area contributed by atoms with Crippen molar-refractivity contribution in [3.8, 4) is 0 Å². The van der Waals surface area contributed by atoms with Crippen LogP contribution in [0.4, 0.5) is 4.79 Å². The molecule has 0 heterocycles. The molecule has 0 aromatic heterocycles. The summed E-state index contributed by atoms with van der Waals surface area (Å²) >= 11 is 0. The molecule has 1 aliphatic carbocycles. The molecule has 2 amide bonds. The summed E-state index contributed by atoms with van der Waals surface area (Å²) in [5, 5.41) is 8.61. The quantitative estimate of drug-likeness (QED) is 0.794. The van der Waals surface area contributed by atoms with Gasteiger partial charge in [0.25, 0.3) is 0 Å². The van der Waals surface area contributed by atoms with Gasteiger partial charge in [0, 0.05) is 20.1 Å². The maximum Gasteiger partial charge on any atom is 0.323 e. The van der Waals surface area contributed by atoms with Crippen molar-refractivity contribution in [1.82, 2.24) is 9.80 Å². The Morgan fingerprint density at radius 3 is 2.25 bits per heavy atom. The SMILES string of the molecule is CN(CC(=O)O)C(=O)N(C)C1CCCCC1. The molecule has 0 atom stereocenters. The molecule has 16 heavy (non-hydrogen) atoms. The lowest BCUT2D eigenvalue weighted by Gasteiger charge is -2.33. The first-order valence-corrected chi connectivity index (χ1v) is 5.72. The summed E-state index contributed by atoms with van der Waals surface area (Å²) in [5.74, 6) is -0.979. The molecule has 1 N–H and O–H groups in total. The van der Waals surface area contributed by atoms with Crippen molar-refractivity contribution in [3.63, 3.8) is 0 Å². The smallest absolute Gasteiger partial charge is 0.323 e. The van der Waals surface area contributed by atoms with Gasteiger partial charge in [-0.3, -0.25) is 4.79 Å². The maximum atomic E-state index is 11.9. The average molecular weight is 228 g/mol. The molecular formula is C11H20N2O3. The van der Waals surface area contributed by atoms with Gasteiger partial charge in [0.1, 0.15) is 6.54 Å². The van der Waals surface area contributed by atoms with E-state index in [1.165, 1.54) is 18.4 Å².